The highest BCUT2D eigenvalue weighted by atomic mass is 32.2. The molecule has 27 heavy (non-hydrogen) atoms. The number of ether oxygens (including phenoxy) is 1. The third-order valence-electron chi connectivity index (χ3n) is 3.95. The van der Waals surface area contributed by atoms with Gasteiger partial charge in [0, 0.05) is 12.3 Å². The number of fused-ring (bicyclic) bond motifs is 1. The fraction of sp³-hybridized carbons (Fsp3) is 0.353. The Kier molecular flexibility index (Phi) is 5.17. The van der Waals surface area contributed by atoms with Crippen LogP contribution in [0.5, 0.6) is 5.75 Å². The summed E-state index contributed by atoms with van der Waals surface area (Å²) in [7, 11) is 1.42. The van der Waals surface area contributed by atoms with Crippen LogP contribution in [-0.2, 0) is 6.54 Å². The van der Waals surface area contributed by atoms with Crippen LogP contribution in [0.1, 0.15) is 19.9 Å². The molecule has 0 aliphatic carbocycles. The minimum Gasteiger partial charge on any atom is -0.491 e. The molecule has 0 aliphatic rings. The minimum absolute atomic E-state index is 0.132. The molecule has 0 aliphatic heterocycles. The number of methoxy groups -OCH3 is 1. The van der Waals surface area contributed by atoms with Gasteiger partial charge in [0.05, 0.1) is 19.7 Å². The first-order valence-electron chi connectivity index (χ1n) is 8.24. The van der Waals surface area contributed by atoms with Crippen molar-refractivity contribution in [1.82, 2.24) is 29.1 Å². The molecule has 3 aromatic heterocycles. The maximum absolute atomic E-state index is 12.8. The standard InChI is InChI=1S/C17H20N6O3S/c1-6-7-21-15(24)11-9-18-17(27-5)19-14(11)23(21)13-8-12(26-4)16(25)22(20-13)10(2)3/h6,8-10H,1,7H2,2-5H3. The van der Waals surface area contributed by atoms with Crippen molar-refractivity contribution in [1.29, 1.82) is 0 Å². The van der Waals surface area contributed by atoms with Crippen molar-refractivity contribution < 1.29 is 4.74 Å². The summed E-state index contributed by atoms with van der Waals surface area (Å²) < 4.78 is 9.57. The van der Waals surface area contributed by atoms with E-state index in [1.165, 1.54) is 40.5 Å². The Morgan fingerprint density at radius 3 is 2.67 bits per heavy atom. The second-order valence-electron chi connectivity index (χ2n) is 6.00. The topological polar surface area (TPSA) is 96.8 Å². The van der Waals surface area contributed by atoms with E-state index in [1.807, 2.05) is 20.1 Å². The molecule has 0 aromatic carbocycles. The van der Waals surface area contributed by atoms with Crippen molar-refractivity contribution in [3.05, 3.63) is 45.6 Å². The van der Waals surface area contributed by atoms with Crippen LogP contribution in [-0.4, -0.2) is 42.5 Å². The zero-order valence-electron chi connectivity index (χ0n) is 15.5. The molecule has 0 bridgehead atoms. The van der Waals surface area contributed by atoms with Crippen LogP contribution in [0.2, 0.25) is 0 Å². The molecule has 10 heteroatoms. The van der Waals surface area contributed by atoms with Crippen LogP contribution in [0.3, 0.4) is 0 Å². The van der Waals surface area contributed by atoms with Crippen molar-refractivity contribution in [3.8, 4) is 11.6 Å². The third kappa shape index (κ3) is 3.16. The SMILES string of the molecule is C=CCn1c(=O)c2cnc(SC)nc2n1-c1cc(OC)c(=O)n(C(C)C)n1. The van der Waals surface area contributed by atoms with Crippen molar-refractivity contribution in [2.45, 2.75) is 31.6 Å². The normalized spacial score (nSPS) is 11.3. The second kappa shape index (κ2) is 7.39. The van der Waals surface area contributed by atoms with E-state index in [4.69, 9.17) is 4.74 Å². The van der Waals surface area contributed by atoms with Crippen LogP contribution < -0.4 is 15.9 Å². The lowest BCUT2D eigenvalue weighted by Gasteiger charge is -2.15. The van der Waals surface area contributed by atoms with E-state index < -0.39 is 0 Å². The largest absolute Gasteiger partial charge is 0.491 e. The monoisotopic (exact) mass is 388 g/mol. The number of thioether (sulfide) groups is 1. The summed E-state index contributed by atoms with van der Waals surface area (Å²) in [6, 6.07) is 1.31. The lowest BCUT2D eigenvalue weighted by molar-refractivity contribution is 0.386. The van der Waals surface area contributed by atoms with Crippen LogP contribution >= 0.6 is 11.8 Å². The van der Waals surface area contributed by atoms with Gasteiger partial charge in [-0.1, -0.05) is 17.8 Å². The van der Waals surface area contributed by atoms with Crippen LogP contribution in [0.4, 0.5) is 0 Å². The maximum atomic E-state index is 12.8. The lowest BCUT2D eigenvalue weighted by Crippen LogP contribution is -2.29. The molecule has 142 valence electrons. The van der Waals surface area contributed by atoms with Gasteiger partial charge in [0.25, 0.3) is 5.56 Å². The van der Waals surface area contributed by atoms with Gasteiger partial charge in [-0.3, -0.25) is 9.59 Å². The van der Waals surface area contributed by atoms with Gasteiger partial charge < -0.3 is 4.74 Å². The Hall–Kier alpha value is -2.88. The number of nitrogens with zero attached hydrogens (tertiary/aromatic N) is 6. The molecule has 0 saturated heterocycles. The molecule has 0 unspecified atom stereocenters. The summed E-state index contributed by atoms with van der Waals surface area (Å²) in [5.74, 6) is 0.479. The van der Waals surface area contributed by atoms with E-state index in [0.29, 0.717) is 22.0 Å². The van der Waals surface area contributed by atoms with E-state index in [2.05, 4.69) is 21.6 Å². The Balaban J connectivity index is 2.44. The maximum Gasteiger partial charge on any atom is 0.309 e. The highest BCUT2D eigenvalue weighted by Crippen LogP contribution is 2.19. The number of hydrogen-bond acceptors (Lipinski definition) is 7. The van der Waals surface area contributed by atoms with E-state index in [-0.39, 0.29) is 29.5 Å². The summed E-state index contributed by atoms with van der Waals surface area (Å²) in [5.41, 5.74) is -0.199. The van der Waals surface area contributed by atoms with Crippen molar-refractivity contribution in [3.63, 3.8) is 0 Å². The van der Waals surface area contributed by atoms with Gasteiger partial charge in [0.15, 0.2) is 22.4 Å². The molecule has 0 radical (unpaired) electrons. The molecule has 0 fully saturated rings. The Labute approximate surface area is 159 Å². The lowest BCUT2D eigenvalue weighted by atomic mass is 10.4. The van der Waals surface area contributed by atoms with Gasteiger partial charge in [-0.2, -0.15) is 0 Å². The molecular formula is C17H20N6O3S. The van der Waals surface area contributed by atoms with Gasteiger partial charge in [-0.05, 0) is 20.1 Å². The summed E-state index contributed by atoms with van der Waals surface area (Å²) in [5, 5.41) is 5.32. The summed E-state index contributed by atoms with van der Waals surface area (Å²) in [6.07, 6.45) is 4.96. The quantitative estimate of drug-likeness (QED) is 0.360. The number of rotatable bonds is 6. The van der Waals surface area contributed by atoms with E-state index in [0.717, 1.165) is 0 Å². The number of aromatic nitrogens is 6. The van der Waals surface area contributed by atoms with Crippen LogP contribution in [0.25, 0.3) is 16.9 Å². The predicted molar refractivity (Wildman–Crippen MR) is 104 cm³/mol. The van der Waals surface area contributed by atoms with E-state index in [9.17, 15) is 9.59 Å². The molecule has 0 amide bonds. The fourth-order valence-corrected chi connectivity index (χ4v) is 3.04. The first kappa shape index (κ1) is 18.9. The van der Waals surface area contributed by atoms with Crippen molar-refractivity contribution in [2.24, 2.45) is 0 Å². The Morgan fingerprint density at radius 2 is 2.07 bits per heavy atom. The van der Waals surface area contributed by atoms with Gasteiger partial charge in [-0.25, -0.2) is 24.0 Å². The smallest absolute Gasteiger partial charge is 0.309 e. The molecule has 0 spiro atoms. The van der Waals surface area contributed by atoms with Gasteiger partial charge >= 0.3 is 5.56 Å². The molecule has 3 aromatic rings. The van der Waals surface area contributed by atoms with Crippen molar-refractivity contribution in [2.75, 3.05) is 13.4 Å². The van der Waals surface area contributed by atoms with E-state index in [1.54, 1.807) is 10.8 Å². The predicted octanol–water partition coefficient (Wildman–Crippen LogP) is 1.64. The van der Waals surface area contributed by atoms with Gasteiger partial charge in [0.2, 0.25) is 0 Å². The second-order valence-corrected chi connectivity index (χ2v) is 6.77. The van der Waals surface area contributed by atoms with Crippen LogP contribution in [0.15, 0.2) is 39.7 Å². The first-order chi connectivity index (χ1) is 12.9. The van der Waals surface area contributed by atoms with Crippen molar-refractivity contribution >= 4 is 22.8 Å². The molecule has 0 N–H and O–H groups in total. The Bertz CT molecular complexity index is 1130. The zero-order valence-corrected chi connectivity index (χ0v) is 16.4. The average molecular weight is 388 g/mol. The molecule has 3 heterocycles. The minimum atomic E-state index is -0.343. The summed E-state index contributed by atoms with van der Waals surface area (Å²) in [4.78, 5) is 34.0. The molecular weight excluding hydrogens is 368 g/mol. The van der Waals surface area contributed by atoms with Gasteiger partial charge in [-0.15, -0.1) is 11.7 Å². The van der Waals surface area contributed by atoms with Crippen LogP contribution in [0, 0.1) is 0 Å². The average Bonchev–Trinajstić information content (AvgIpc) is 2.93. The summed E-state index contributed by atoms with van der Waals surface area (Å²) >= 11 is 1.37. The fourth-order valence-electron chi connectivity index (χ4n) is 2.71. The highest BCUT2D eigenvalue weighted by molar-refractivity contribution is 7.98. The Morgan fingerprint density at radius 1 is 1.33 bits per heavy atom. The third-order valence-corrected chi connectivity index (χ3v) is 4.52. The first-order valence-corrected chi connectivity index (χ1v) is 9.47. The number of hydrogen-bond donors (Lipinski definition) is 0. The zero-order chi connectivity index (χ0) is 19.7. The highest BCUT2D eigenvalue weighted by Gasteiger charge is 2.20. The molecule has 0 saturated carbocycles. The molecule has 3 rings (SSSR count). The molecule has 0 atom stereocenters. The summed E-state index contributed by atoms with van der Waals surface area (Å²) in [6.45, 7) is 7.65. The molecule has 9 nitrogen and oxygen atoms in total. The van der Waals surface area contributed by atoms with Gasteiger partial charge in [0.1, 0.15) is 5.39 Å². The van der Waals surface area contributed by atoms with E-state index >= 15 is 0 Å². The number of allylic oxidation sites excluding steroid dienone is 1.